The summed E-state index contributed by atoms with van der Waals surface area (Å²) < 4.78 is 13.3. The van der Waals surface area contributed by atoms with Gasteiger partial charge in [-0.25, -0.2) is 14.5 Å². The molecule has 1 aromatic heterocycles. The number of amides is 1. The Labute approximate surface area is 90.4 Å². The highest BCUT2D eigenvalue weighted by Gasteiger charge is 2.32. The summed E-state index contributed by atoms with van der Waals surface area (Å²) in [5, 5.41) is 7.52. The predicted molar refractivity (Wildman–Crippen MR) is 54.1 cm³/mol. The summed E-state index contributed by atoms with van der Waals surface area (Å²) >= 11 is 0. The summed E-state index contributed by atoms with van der Waals surface area (Å²) in [6.45, 7) is 0.177. The second-order valence-corrected chi connectivity index (χ2v) is 3.62. The maximum atomic E-state index is 12.8. The van der Waals surface area contributed by atoms with E-state index in [-0.39, 0.29) is 18.8 Å². The average Bonchev–Trinajstić information content (AvgIpc) is 2.68. The van der Waals surface area contributed by atoms with Gasteiger partial charge in [0.1, 0.15) is 12.2 Å². The minimum Gasteiger partial charge on any atom is -0.301 e. The number of aromatic amines is 1. The number of aromatic nitrogens is 2. The van der Waals surface area contributed by atoms with Crippen LogP contribution in [0, 0.1) is 4.91 Å². The van der Waals surface area contributed by atoms with E-state index >= 15 is 0 Å². The number of H-pyrrole nitrogens is 1. The van der Waals surface area contributed by atoms with E-state index in [1.807, 2.05) is 0 Å². The van der Waals surface area contributed by atoms with Crippen LogP contribution >= 0.6 is 0 Å². The van der Waals surface area contributed by atoms with Crippen molar-refractivity contribution in [2.45, 2.75) is 18.6 Å². The average molecular weight is 227 g/mol. The molecule has 3 N–H and O–H groups in total. The van der Waals surface area contributed by atoms with Crippen LogP contribution in [0.2, 0.25) is 0 Å². The second-order valence-electron chi connectivity index (χ2n) is 3.62. The molecule has 1 amide bonds. The number of nitrogens with one attached hydrogen (secondary N) is 3. The van der Waals surface area contributed by atoms with Gasteiger partial charge in [0.25, 0.3) is 0 Å². The predicted octanol–water partition coefficient (Wildman–Crippen LogP) is -0.432. The van der Waals surface area contributed by atoms with E-state index in [1.54, 1.807) is 6.07 Å². The van der Waals surface area contributed by atoms with Crippen LogP contribution in [0.4, 0.5) is 10.2 Å². The van der Waals surface area contributed by atoms with Gasteiger partial charge in [-0.3, -0.25) is 0 Å². The van der Waals surface area contributed by atoms with E-state index in [0.29, 0.717) is 4.54 Å². The van der Waals surface area contributed by atoms with Crippen LogP contribution in [-0.4, -0.2) is 29.8 Å². The Balaban J connectivity index is 2.03. The molecule has 1 aliphatic heterocycles. The minimum atomic E-state index is -1.00. The Hall–Kier alpha value is -1.76. The van der Waals surface area contributed by atoms with Crippen molar-refractivity contribution in [3.05, 3.63) is 23.2 Å². The fraction of sp³-hybridized carbons (Fsp3) is 0.444. The lowest BCUT2D eigenvalue weighted by molar-refractivity contribution is -0.549. The zero-order chi connectivity index (χ0) is 11.5. The molecule has 1 aliphatic rings. The van der Waals surface area contributed by atoms with E-state index in [4.69, 9.17) is 0 Å². The summed E-state index contributed by atoms with van der Waals surface area (Å²) in [5.41, 5.74) is 0. The molecule has 86 valence electrons. The number of halogens is 1. The van der Waals surface area contributed by atoms with Gasteiger partial charge in [0, 0.05) is 25.2 Å². The Kier molecular flexibility index (Phi) is 2.95. The normalized spacial score (nSPS) is 24.3. The molecule has 1 fully saturated rings. The molecule has 0 aliphatic carbocycles. The third kappa shape index (κ3) is 2.25. The molecule has 1 saturated heterocycles. The fourth-order valence-electron chi connectivity index (χ4n) is 1.59. The van der Waals surface area contributed by atoms with E-state index in [2.05, 4.69) is 15.7 Å². The highest BCUT2D eigenvalue weighted by atomic mass is 19.1. The molecule has 2 rings (SSSR count). The van der Waals surface area contributed by atoms with Gasteiger partial charge < -0.3 is 5.32 Å². The highest BCUT2D eigenvalue weighted by Crippen LogP contribution is 2.11. The quantitative estimate of drug-likeness (QED) is 0.600. The van der Waals surface area contributed by atoms with Crippen LogP contribution in [0.15, 0.2) is 18.3 Å². The van der Waals surface area contributed by atoms with Crippen LogP contribution in [0.3, 0.4) is 0 Å². The number of hydrogen-bond donors (Lipinski definition) is 3. The second kappa shape index (κ2) is 4.40. The molecule has 2 atom stereocenters. The number of alkyl halides is 1. The van der Waals surface area contributed by atoms with Gasteiger partial charge in [-0.15, -0.1) is 0 Å². The molecule has 6 nitrogen and oxygen atoms in total. The molecule has 0 unspecified atom stereocenters. The van der Waals surface area contributed by atoms with Crippen LogP contribution in [-0.2, 0) is 4.79 Å². The van der Waals surface area contributed by atoms with Gasteiger partial charge in [-0.05, 0) is 11.0 Å². The van der Waals surface area contributed by atoms with Crippen LogP contribution < -0.4 is 15.2 Å². The lowest BCUT2D eigenvalue weighted by atomic mass is 10.2. The van der Waals surface area contributed by atoms with Gasteiger partial charge in [-0.1, -0.05) is 0 Å². The maximum Gasteiger partial charge on any atom is 0.349 e. The van der Waals surface area contributed by atoms with Gasteiger partial charge in [0.15, 0.2) is 0 Å². The van der Waals surface area contributed by atoms with Gasteiger partial charge >= 0.3 is 11.7 Å². The van der Waals surface area contributed by atoms with Crippen LogP contribution in [0.5, 0.6) is 0 Å². The van der Waals surface area contributed by atoms with E-state index in [0.717, 1.165) is 0 Å². The standard InChI is InChI=1S/C9H11FN4O2/c10-6-4-7(11-5-6)9(15)13-8-2-1-3-12-14(8)16/h1-3,6-7,11H,4-5H2,(H-,12,13,15,16)/p+1/t6-,7+/m1/s1. The summed E-state index contributed by atoms with van der Waals surface area (Å²) in [7, 11) is 0. The van der Waals surface area contributed by atoms with E-state index in [1.165, 1.54) is 12.3 Å². The number of carbonyl (C=O) groups excluding carboxylic acids is 1. The first-order valence-corrected chi connectivity index (χ1v) is 4.95. The number of anilines is 1. The van der Waals surface area contributed by atoms with Crippen molar-refractivity contribution < 1.29 is 13.7 Å². The third-order valence-electron chi connectivity index (χ3n) is 2.41. The summed E-state index contributed by atoms with van der Waals surface area (Å²) in [5.74, 6) is -0.305. The maximum absolute atomic E-state index is 12.8. The van der Waals surface area contributed by atoms with Crippen molar-refractivity contribution in [2.24, 2.45) is 0 Å². The van der Waals surface area contributed by atoms with Crippen molar-refractivity contribution in [2.75, 3.05) is 11.9 Å². The van der Waals surface area contributed by atoms with Gasteiger partial charge in [0.2, 0.25) is 0 Å². The first-order chi connectivity index (χ1) is 7.66. The molecular formula is C9H12FN4O2+. The fourth-order valence-corrected chi connectivity index (χ4v) is 1.59. The van der Waals surface area contributed by atoms with Crippen molar-refractivity contribution in [3.8, 4) is 0 Å². The molecule has 0 aromatic carbocycles. The lowest BCUT2D eigenvalue weighted by Gasteiger charge is -2.03. The monoisotopic (exact) mass is 227 g/mol. The molecule has 0 saturated carbocycles. The zero-order valence-corrected chi connectivity index (χ0v) is 8.44. The molecule has 1 aromatic rings. The smallest absolute Gasteiger partial charge is 0.301 e. The highest BCUT2D eigenvalue weighted by molar-refractivity contribution is 5.93. The Morgan fingerprint density at radius 2 is 2.44 bits per heavy atom. The van der Waals surface area contributed by atoms with Crippen LogP contribution in [0.1, 0.15) is 6.42 Å². The summed E-state index contributed by atoms with van der Waals surface area (Å²) in [4.78, 5) is 22.8. The summed E-state index contributed by atoms with van der Waals surface area (Å²) in [6, 6.07) is 2.48. The third-order valence-corrected chi connectivity index (χ3v) is 2.41. The molecular weight excluding hydrogens is 215 g/mol. The van der Waals surface area contributed by atoms with E-state index < -0.39 is 18.1 Å². The van der Waals surface area contributed by atoms with Crippen LogP contribution in [0.25, 0.3) is 0 Å². The molecule has 16 heavy (non-hydrogen) atoms. The lowest BCUT2D eigenvalue weighted by Crippen LogP contribution is -2.38. The topological polar surface area (TPSA) is 79.9 Å². The van der Waals surface area contributed by atoms with Gasteiger partial charge in [-0.2, -0.15) is 5.10 Å². The van der Waals surface area contributed by atoms with Crippen molar-refractivity contribution >= 4 is 11.7 Å². The molecule has 0 bridgehead atoms. The molecule has 0 radical (unpaired) electrons. The Morgan fingerprint density at radius 3 is 3.06 bits per heavy atom. The Bertz CT molecular complexity index is 447. The minimum absolute atomic E-state index is 0.0941. The summed E-state index contributed by atoms with van der Waals surface area (Å²) in [6.07, 6.45) is 0.576. The Morgan fingerprint density at radius 1 is 1.62 bits per heavy atom. The first-order valence-electron chi connectivity index (χ1n) is 4.95. The van der Waals surface area contributed by atoms with Crippen molar-refractivity contribution in [1.82, 2.24) is 10.4 Å². The zero-order valence-electron chi connectivity index (χ0n) is 8.44. The van der Waals surface area contributed by atoms with Gasteiger partial charge in [0.05, 0.1) is 4.54 Å². The molecule has 2 heterocycles. The number of rotatable bonds is 2. The number of hydrogen-bond acceptors (Lipinski definition) is 3. The number of nitrogens with zero attached hydrogens (tertiary/aromatic N) is 1. The van der Waals surface area contributed by atoms with E-state index in [9.17, 15) is 14.1 Å². The molecule has 0 spiro atoms. The molecule has 7 heteroatoms. The largest absolute Gasteiger partial charge is 0.349 e. The SMILES string of the molecule is O=C(Nc1ccc[nH][n+]1=O)[C@@H]1C[C@@H](F)CN1. The van der Waals surface area contributed by atoms with Crippen molar-refractivity contribution in [1.29, 1.82) is 0 Å². The van der Waals surface area contributed by atoms with Crippen molar-refractivity contribution in [3.63, 3.8) is 0 Å². The number of carbonyl (C=O) groups is 1. The first kappa shape index (κ1) is 10.7.